The van der Waals surface area contributed by atoms with Crippen molar-refractivity contribution < 1.29 is 18.4 Å². The van der Waals surface area contributed by atoms with Gasteiger partial charge in [0.15, 0.2) is 24.0 Å². The molecule has 0 spiro atoms. The summed E-state index contributed by atoms with van der Waals surface area (Å²) in [6.45, 7) is 4.08. The molecule has 0 radical (unpaired) electrons. The van der Waals surface area contributed by atoms with Crippen molar-refractivity contribution in [2.75, 3.05) is 0 Å². The number of fused-ring (bicyclic) bond motifs is 2. The van der Waals surface area contributed by atoms with Crippen molar-refractivity contribution in [3.63, 3.8) is 0 Å². The monoisotopic (exact) mass is 570 g/mol. The first kappa shape index (κ1) is 26.8. The third-order valence-corrected chi connectivity index (χ3v) is 9.03. The van der Waals surface area contributed by atoms with E-state index < -0.39 is 12.3 Å². The van der Waals surface area contributed by atoms with E-state index in [0.717, 1.165) is 24.0 Å². The molecule has 0 bridgehead atoms. The molecule has 8 atom stereocenters. The number of Topliss-reactive ketones (excluding diaryl/α,β-unsaturated/α-hetero) is 2. The van der Waals surface area contributed by atoms with Gasteiger partial charge < -0.3 is 0 Å². The number of rotatable bonds is 6. The van der Waals surface area contributed by atoms with Crippen LogP contribution in [0.4, 0.5) is 8.78 Å². The summed E-state index contributed by atoms with van der Waals surface area (Å²) < 4.78 is 31.6. The molecule has 4 aliphatic rings. The largest absolute Gasteiger partial charge is 0.290 e. The van der Waals surface area contributed by atoms with Crippen LogP contribution in [0.15, 0.2) is 60.7 Å². The number of carbonyl (C=O) groups is 2. The van der Waals surface area contributed by atoms with Gasteiger partial charge in [-0.15, -0.1) is 10.2 Å². The van der Waals surface area contributed by atoms with Gasteiger partial charge in [0, 0.05) is 24.7 Å². The minimum atomic E-state index is -1.15. The number of benzene rings is 2. The van der Waals surface area contributed by atoms with E-state index >= 15 is 0 Å². The van der Waals surface area contributed by atoms with E-state index in [1.54, 1.807) is 9.36 Å². The van der Waals surface area contributed by atoms with Crippen molar-refractivity contribution in [1.29, 1.82) is 0 Å². The summed E-state index contributed by atoms with van der Waals surface area (Å²) in [7, 11) is 0. The molecule has 0 saturated heterocycles. The zero-order valence-corrected chi connectivity index (χ0v) is 23.5. The topological polar surface area (TPSA) is 95.6 Å². The van der Waals surface area contributed by atoms with Crippen LogP contribution < -0.4 is 0 Å². The molecule has 2 fully saturated rings. The number of carbonyl (C=O) groups excluding carboxylic acids is 2. The van der Waals surface area contributed by atoms with Crippen molar-refractivity contribution in [2.24, 2.45) is 23.7 Å². The van der Waals surface area contributed by atoms with Gasteiger partial charge in [0.1, 0.15) is 0 Å². The van der Waals surface area contributed by atoms with Gasteiger partial charge in [0.25, 0.3) is 0 Å². The van der Waals surface area contributed by atoms with E-state index in [0.29, 0.717) is 36.3 Å². The number of hydrogen-bond acceptors (Lipinski definition) is 6. The van der Waals surface area contributed by atoms with Crippen LogP contribution in [0.25, 0.3) is 0 Å². The van der Waals surface area contributed by atoms with Crippen LogP contribution in [0.2, 0.25) is 0 Å². The Balaban J connectivity index is 0.000000137. The lowest BCUT2D eigenvalue weighted by atomic mass is 10.0. The number of ketones is 2. The highest BCUT2D eigenvalue weighted by Gasteiger charge is 2.44. The summed E-state index contributed by atoms with van der Waals surface area (Å²) >= 11 is 0. The number of hydrogen-bond donors (Lipinski definition) is 0. The van der Waals surface area contributed by atoms with E-state index in [4.69, 9.17) is 0 Å². The van der Waals surface area contributed by atoms with Gasteiger partial charge >= 0.3 is 0 Å². The predicted molar refractivity (Wildman–Crippen MR) is 149 cm³/mol. The van der Waals surface area contributed by atoms with Crippen LogP contribution >= 0.6 is 0 Å². The molecule has 2 saturated carbocycles. The first-order valence-corrected chi connectivity index (χ1v) is 14.7. The van der Waals surface area contributed by atoms with Crippen LogP contribution in [0.5, 0.6) is 0 Å². The van der Waals surface area contributed by atoms with E-state index in [1.165, 1.54) is 0 Å². The zero-order chi connectivity index (χ0) is 29.1. The quantitative estimate of drug-likeness (QED) is 0.255. The first-order valence-electron chi connectivity index (χ1n) is 14.7. The molecule has 2 aromatic heterocycles. The standard InChI is InChI=1S/2C16H16FN3O/c2*1-9-7-11(9)14(21)15-18-16-12(17)8-13(20(16)19-15)10-5-3-2-4-6-10/h2*2-6,9,11-13H,7-8H2,1H3/t9-,11-,12+,13+;9-,11-,12-,13-/m10/s1. The molecule has 216 valence electrons. The number of halogens is 2. The lowest BCUT2D eigenvalue weighted by molar-refractivity contribution is 0.0943. The van der Waals surface area contributed by atoms with Gasteiger partial charge in [-0.25, -0.2) is 28.1 Å². The van der Waals surface area contributed by atoms with Gasteiger partial charge in [-0.3, -0.25) is 9.59 Å². The highest BCUT2D eigenvalue weighted by molar-refractivity contribution is 5.96. The van der Waals surface area contributed by atoms with Crippen LogP contribution in [0.1, 0.15) is 108 Å². The second-order valence-corrected chi connectivity index (χ2v) is 12.1. The van der Waals surface area contributed by atoms with Crippen molar-refractivity contribution in [2.45, 2.75) is 64.0 Å². The molecular weight excluding hydrogens is 538 g/mol. The van der Waals surface area contributed by atoms with Crippen molar-refractivity contribution in [1.82, 2.24) is 29.5 Å². The zero-order valence-electron chi connectivity index (χ0n) is 23.5. The average molecular weight is 571 g/mol. The molecule has 4 heterocycles. The number of aromatic nitrogens is 6. The molecule has 2 aliphatic carbocycles. The lowest BCUT2D eigenvalue weighted by Crippen LogP contribution is -2.11. The Labute approximate surface area is 242 Å². The lowest BCUT2D eigenvalue weighted by Gasteiger charge is -2.11. The molecular formula is C32H32F2N6O2. The van der Waals surface area contributed by atoms with E-state index in [-0.39, 0.29) is 47.1 Å². The maximum Gasteiger partial charge on any atom is 0.217 e. The van der Waals surface area contributed by atoms with E-state index in [9.17, 15) is 18.4 Å². The van der Waals surface area contributed by atoms with E-state index in [1.807, 2.05) is 74.5 Å². The normalized spacial score (nSPS) is 30.2. The Bertz CT molecular complexity index is 1520. The van der Waals surface area contributed by atoms with Crippen LogP contribution in [-0.2, 0) is 0 Å². The fourth-order valence-electron chi connectivity index (χ4n) is 6.18. The third kappa shape index (κ3) is 4.76. The summed E-state index contributed by atoms with van der Waals surface area (Å²) in [5.74, 6) is 1.74. The Kier molecular flexibility index (Phi) is 6.59. The Hall–Kier alpha value is -4.08. The Morgan fingerprint density at radius 1 is 0.643 bits per heavy atom. The summed E-state index contributed by atoms with van der Waals surface area (Å²) in [6.07, 6.45) is 0.163. The van der Waals surface area contributed by atoms with Crippen molar-refractivity contribution in [3.8, 4) is 0 Å². The van der Waals surface area contributed by atoms with E-state index in [2.05, 4.69) is 20.2 Å². The van der Waals surface area contributed by atoms with Gasteiger partial charge in [-0.1, -0.05) is 74.5 Å². The Morgan fingerprint density at radius 2 is 1.00 bits per heavy atom. The number of nitrogens with zero attached hydrogens (tertiary/aromatic N) is 6. The van der Waals surface area contributed by atoms with Crippen LogP contribution in [-0.4, -0.2) is 41.1 Å². The highest BCUT2D eigenvalue weighted by Crippen LogP contribution is 2.44. The predicted octanol–water partition coefficient (Wildman–Crippen LogP) is 6.24. The second kappa shape index (κ2) is 10.3. The Morgan fingerprint density at radius 3 is 1.33 bits per heavy atom. The minimum absolute atomic E-state index is 0.0290. The fraction of sp³-hybridized carbons (Fsp3) is 0.438. The summed E-state index contributed by atoms with van der Waals surface area (Å²) in [6, 6.07) is 19.1. The summed E-state index contributed by atoms with van der Waals surface area (Å²) in [4.78, 5) is 32.8. The van der Waals surface area contributed by atoms with Gasteiger partial charge in [-0.05, 0) is 35.8 Å². The molecule has 8 rings (SSSR count). The van der Waals surface area contributed by atoms with Gasteiger partial charge in [0.05, 0.1) is 12.1 Å². The van der Waals surface area contributed by atoms with Crippen LogP contribution in [0.3, 0.4) is 0 Å². The first-order chi connectivity index (χ1) is 20.3. The molecule has 4 aromatic rings. The molecule has 0 unspecified atom stereocenters. The van der Waals surface area contributed by atoms with Gasteiger partial charge in [0.2, 0.25) is 23.2 Å². The molecule has 8 nitrogen and oxygen atoms in total. The minimum Gasteiger partial charge on any atom is -0.290 e. The maximum atomic E-state index is 14.2. The SMILES string of the molecule is C[C@@H]1C[C@H]1C(=O)c1nc2n(n1)[C@H](c1ccccc1)C[C@@H]2F.C[C@H]1C[C@@H]1C(=O)c1nc2n(n1)[C@H](c1ccccc1)C[C@@H]2F. The molecule has 42 heavy (non-hydrogen) atoms. The molecule has 2 aromatic carbocycles. The summed E-state index contributed by atoms with van der Waals surface area (Å²) in [5, 5.41) is 8.62. The molecule has 2 aliphatic heterocycles. The molecule has 0 N–H and O–H groups in total. The van der Waals surface area contributed by atoms with Crippen molar-refractivity contribution in [3.05, 3.63) is 95.1 Å². The second-order valence-electron chi connectivity index (χ2n) is 12.1. The summed E-state index contributed by atoms with van der Waals surface area (Å²) in [5.41, 5.74) is 2.00. The molecule has 10 heteroatoms. The third-order valence-electron chi connectivity index (χ3n) is 9.03. The molecule has 0 amide bonds. The van der Waals surface area contributed by atoms with Crippen molar-refractivity contribution >= 4 is 11.6 Å². The van der Waals surface area contributed by atoms with Gasteiger partial charge in [-0.2, -0.15) is 0 Å². The number of alkyl halides is 2. The van der Waals surface area contributed by atoms with Crippen LogP contribution in [0, 0.1) is 23.7 Å². The highest BCUT2D eigenvalue weighted by atomic mass is 19.1. The maximum absolute atomic E-state index is 14.2. The fourth-order valence-corrected chi connectivity index (χ4v) is 6.18. The average Bonchev–Trinajstić information content (AvgIpc) is 3.63. The smallest absolute Gasteiger partial charge is 0.217 e.